The normalized spacial score (nSPS) is 12.7. The highest BCUT2D eigenvalue weighted by Gasteiger charge is 2.43. The highest BCUT2D eigenvalue weighted by atomic mass is 35.5. The van der Waals surface area contributed by atoms with E-state index in [9.17, 15) is 26.0 Å². The van der Waals surface area contributed by atoms with Gasteiger partial charge in [0.15, 0.2) is 11.2 Å². The van der Waals surface area contributed by atoms with Gasteiger partial charge in [0, 0.05) is 17.1 Å². The first kappa shape index (κ1) is 29.6. The van der Waals surface area contributed by atoms with Crippen molar-refractivity contribution < 1.29 is 35.1 Å². The largest absolute Gasteiger partial charge is 0.497 e. The van der Waals surface area contributed by atoms with Crippen LogP contribution in [0.5, 0.6) is 5.75 Å². The number of nitrogens with one attached hydrogen (secondary N) is 1. The third kappa shape index (κ3) is 6.16. The fraction of sp³-hybridized carbons (Fsp3) is 0.192. The predicted octanol–water partition coefficient (Wildman–Crippen LogP) is 7.50. The second-order valence-corrected chi connectivity index (χ2v) is 11.6. The average molecular weight is 618 g/mol. The Balaban J connectivity index is 1.74. The van der Waals surface area contributed by atoms with Gasteiger partial charge in [0.1, 0.15) is 22.3 Å². The lowest BCUT2D eigenvalue weighted by Gasteiger charge is -2.25. The monoisotopic (exact) mass is 617 g/mol. The molecule has 3 aromatic carbocycles. The summed E-state index contributed by atoms with van der Waals surface area (Å²) >= 11 is 7.17. The summed E-state index contributed by atoms with van der Waals surface area (Å²) < 4.78 is 105. The van der Waals surface area contributed by atoms with Gasteiger partial charge in [-0.2, -0.15) is 13.2 Å². The number of anilines is 2. The van der Waals surface area contributed by atoms with Gasteiger partial charge in [-0.15, -0.1) is 11.3 Å². The summed E-state index contributed by atoms with van der Waals surface area (Å²) in [7, 11) is -3.17. The summed E-state index contributed by atoms with van der Waals surface area (Å²) in [6.07, 6.45) is -3.62. The maximum atomic E-state index is 15.4. The molecular weight excluding hydrogens is 597 g/mol. The molecule has 0 unspecified atom stereocenters. The molecular formula is C26H21ClF5N3O3S2. The molecule has 0 spiro atoms. The van der Waals surface area contributed by atoms with Crippen LogP contribution in [0.1, 0.15) is 22.7 Å². The highest BCUT2D eigenvalue weighted by molar-refractivity contribution is 7.93. The molecule has 1 heterocycles. The van der Waals surface area contributed by atoms with E-state index in [0.717, 1.165) is 27.8 Å². The predicted molar refractivity (Wildman–Crippen MR) is 143 cm³/mol. The number of halogens is 6. The maximum Gasteiger partial charge on any atom is 0.412 e. The molecule has 212 valence electrons. The molecule has 0 aliphatic rings. The van der Waals surface area contributed by atoms with Crippen molar-refractivity contribution >= 4 is 43.8 Å². The van der Waals surface area contributed by atoms with Gasteiger partial charge in [-0.3, -0.25) is 0 Å². The SMILES string of the molecule is COc1ccc(CN(c2nccs2)S(=O)(=O)c2cc(Cl)c(N[C@H](c3ccccc3F)C(F)(F)F)cc2F)c(C)c1. The van der Waals surface area contributed by atoms with Crippen molar-refractivity contribution in [1.82, 2.24) is 4.98 Å². The van der Waals surface area contributed by atoms with Crippen LogP contribution in [0.4, 0.5) is 32.8 Å². The first-order chi connectivity index (χ1) is 18.8. The number of alkyl halides is 3. The van der Waals surface area contributed by atoms with Gasteiger partial charge in [-0.05, 0) is 48.4 Å². The minimum atomic E-state index is -5.00. The molecule has 6 nitrogen and oxygen atoms in total. The number of aromatic nitrogens is 1. The molecule has 4 rings (SSSR count). The highest BCUT2D eigenvalue weighted by Crippen LogP contribution is 2.40. The third-order valence-electron chi connectivity index (χ3n) is 5.93. The van der Waals surface area contributed by atoms with E-state index in [1.54, 1.807) is 25.1 Å². The molecule has 14 heteroatoms. The minimum absolute atomic E-state index is 0.0321. The van der Waals surface area contributed by atoms with Crippen molar-refractivity contribution in [2.75, 3.05) is 16.7 Å². The first-order valence-electron chi connectivity index (χ1n) is 11.5. The molecule has 1 aromatic heterocycles. The molecule has 4 aromatic rings. The quantitative estimate of drug-likeness (QED) is 0.197. The van der Waals surface area contributed by atoms with Gasteiger partial charge >= 0.3 is 6.18 Å². The first-order valence-corrected chi connectivity index (χ1v) is 14.1. The van der Waals surface area contributed by atoms with Crippen molar-refractivity contribution in [2.24, 2.45) is 0 Å². The molecule has 0 saturated carbocycles. The number of methoxy groups -OCH3 is 1. The molecule has 0 fully saturated rings. The maximum absolute atomic E-state index is 15.4. The number of hydrogen-bond acceptors (Lipinski definition) is 6. The number of nitrogens with zero attached hydrogens (tertiary/aromatic N) is 2. The van der Waals surface area contributed by atoms with Gasteiger partial charge in [-0.25, -0.2) is 26.5 Å². The number of rotatable bonds is 9. The van der Waals surface area contributed by atoms with Crippen molar-refractivity contribution in [3.8, 4) is 5.75 Å². The smallest absolute Gasteiger partial charge is 0.412 e. The number of ether oxygens (including phenoxy) is 1. The van der Waals surface area contributed by atoms with Gasteiger partial charge in [0.25, 0.3) is 10.0 Å². The molecule has 1 atom stereocenters. The van der Waals surface area contributed by atoms with E-state index >= 15 is 4.39 Å². The standard InChI is InChI=1S/C26H21ClF5N3O3S2/c1-15-11-17(38-2)8-7-16(15)14-35(25-33-9-10-39-25)40(36,37)23-12-19(27)22(13-21(23)29)34-24(26(30,31)32)18-5-3-4-6-20(18)28/h3-13,24,34H,14H2,1-2H3/t24-/m1/s1. The van der Waals surface area contributed by atoms with Crippen LogP contribution in [-0.2, 0) is 16.6 Å². The number of hydrogen-bond donors (Lipinski definition) is 1. The van der Waals surface area contributed by atoms with Crippen LogP contribution in [0, 0.1) is 18.6 Å². The Bertz CT molecular complexity index is 1620. The topological polar surface area (TPSA) is 71.5 Å². The van der Waals surface area contributed by atoms with E-state index in [1.165, 1.54) is 30.8 Å². The zero-order valence-electron chi connectivity index (χ0n) is 20.8. The molecule has 40 heavy (non-hydrogen) atoms. The Morgan fingerprint density at radius 3 is 2.42 bits per heavy atom. The van der Waals surface area contributed by atoms with Gasteiger partial charge < -0.3 is 10.1 Å². The van der Waals surface area contributed by atoms with E-state index in [-0.39, 0.29) is 11.7 Å². The van der Waals surface area contributed by atoms with Crippen LogP contribution < -0.4 is 14.4 Å². The Hall–Kier alpha value is -3.42. The Labute approximate surface area is 236 Å². The van der Waals surface area contributed by atoms with Gasteiger partial charge in [-0.1, -0.05) is 35.9 Å². The zero-order chi connectivity index (χ0) is 29.2. The Morgan fingerprint density at radius 1 is 1.10 bits per heavy atom. The lowest BCUT2D eigenvalue weighted by molar-refractivity contribution is -0.144. The third-order valence-corrected chi connectivity index (χ3v) is 8.90. The van der Waals surface area contributed by atoms with E-state index < -0.39 is 55.0 Å². The second kappa shape index (κ2) is 11.6. The number of thiazole rings is 1. The number of aryl methyl sites for hydroxylation is 1. The molecule has 0 aliphatic carbocycles. The fourth-order valence-electron chi connectivity index (χ4n) is 3.88. The van der Waals surface area contributed by atoms with Crippen molar-refractivity contribution in [2.45, 2.75) is 30.6 Å². The Morgan fingerprint density at radius 2 is 1.82 bits per heavy atom. The number of benzene rings is 3. The molecule has 0 radical (unpaired) electrons. The van der Waals surface area contributed by atoms with Crippen molar-refractivity contribution in [3.05, 3.63) is 99.5 Å². The van der Waals surface area contributed by atoms with Crippen LogP contribution in [0.2, 0.25) is 5.02 Å². The van der Waals surface area contributed by atoms with E-state index in [1.807, 2.05) is 5.32 Å². The lowest BCUT2D eigenvalue weighted by atomic mass is 10.1. The minimum Gasteiger partial charge on any atom is -0.497 e. The summed E-state index contributed by atoms with van der Waals surface area (Å²) in [6.45, 7) is 1.52. The van der Waals surface area contributed by atoms with Crippen molar-refractivity contribution in [1.29, 1.82) is 0 Å². The summed E-state index contributed by atoms with van der Waals surface area (Å²) in [5.41, 5.74) is -0.0498. The van der Waals surface area contributed by atoms with Crippen molar-refractivity contribution in [3.63, 3.8) is 0 Å². The Kier molecular flexibility index (Phi) is 8.57. The van der Waals surface area contributed by atoms with E-state index in [2.05, 4.69) is 4.98 Å². The molecule has 0 amide bonds. The number of sulfonamides is 1. The fourth-order valence-corrected chi connectivity index (χ4v) is 6.50. The van der Waals surface area contributed by atoms with E-state index in [0.29, 0.717) is 29.0 Å². The molecule has 0 aliphatic heterocycles. The zero-order valence-corrected chi connectivity index (χ0v) is 23.2. The molecule has 0 bridgehead atoms. The summed E-state index contributed by atoms with van der Waals surface area (Å²) in [4.78, 5) is 3.18. The van der Waals surface area contributed by atoms with Crippen LogP contribution in [0.15, 0.2) is 71.1 Å². The summed E-state index contributed by atoms with van der Waals surface area (Å²) in [6, 6.07) is 7.87. The van der Waals surface area contributed by atoms with Crippen LogP contribution in [-0.4, -0.2) is 26.7 Å². The van der Waals surface area contributed by atoms with Gasteiger partial charge in [0.2, 0.25) is 0 Å². The second-order valence-electron chi connectivity index (χ2n) is 8.52. The summed E-state index contributed by atoms with van der Waals surface area (Å²) in [5, 5.41) is 3.06. The summed E-state index contributed by atoms with van der Waals surface area (Å²) in [5.74, 6) is -1.95. The van der Waals surface area contributed by atoms with Crippen LogP contribution in [0.25, 0.3) is 0 Å². The molecule has 0 saturated heterocycles. The lowest BCUT2D eigenvalue weighted by Crippen LogP contribution is -2.32. The van der Waals surface area contributed by atoms with Crippen LogP contribution in [0.3, 0.4) is 0 Å². The van der Waals surface area contributed by atoms with Crippen LogP contribution >= 0.6 is 22.9 Å². The average Bonchev–Trinajstić information content (AvgIpc) is 3.42. The van der Waals surface area contributed by atoms with Gasteiger partial charge in [0.05, 0.1) is 24.4 Å². The molecule has 1 N–H and O–H groups in total. The van der Waals surface area contributed by atoms with E-state index in [4.69, 9.17) is 16.3 Å².